The smallest absolute Gasteiger partial charge is 0.332 e. The van der Waals surface area contributed by atoms with Gasteiger partial charge < -0.3 is 19.4 Å². The molecule has 4 rings (SSSR count). The van der Waals surface area contributed by atoms with Gasteiger partial charge >= 0.3 is 5.69 Å². The molecule has 0 aliphatic carbocycles. The molecule has 2 aromatic heterocycles. The van der Waals surface area contributed by atoms with Gasteiger partial charge in [0, 0.05) is 38.5 Å². The molecule has 10 nitrogen and oxygen atoms in total. The summed E-state index contributed by atoms with van der Waals surface area (Å²) in [5.41, 5.74) is 1.92. The van der Waals surface area contributed by atoms with Gasteiger partial charge in [-0.2, -0.15) is 0 Å². The fraction of sp³-hybridized carbons (Fsp3) is 0.200. The molecule has 35 heavy (non-hydrogen) atoms. The van der Waals surface area contributed by atoms with Crippen LogP contribution in [0.25, 0.3) is 28.6 Å². The van der Waals surface area contributed by atoms with Gasteiger partial charge in [-0.05, 0) is 48.0 Å². The number of hydrogen-bond donors (Lipinski definition) is 1. The number of amides is 1. The van der Waals surface area contributed by atoms with E-state index in [0.29, 0.717) is 34.2 Å². The molecule has 4 aromatic rings. The van der Waals surface area contributed by atoms with Crippen LogP contribution in [0.4, 0.5) is 5.69 Å². The van der Waals surface area contributed by atoms with Gasteiger partial charge in [0.15, 0.2) is 22.7 Å². The van der Waals surface area contributed by atoms with Gasteiger partial charge in [-0.25, -0.2) is 9.78 Å². The minimum Gasteiger partial charge on any atom is -0.493 e. The summed E-state index contributed by atoms with van der Waals surface area (Å²) in [6.07, 6.45) is 3.10. The molecule has 0 radical (unpaired) electrons. The van der Waals surface area contributed by atoms with E-state index in [1.54, 1.807) is 75.4 Å². The summed E-state index contributed by atoms with van der Waals surface area (Å²) in [6.45, 7) is 0. The van der Waals surface area contributed by atoms with Crippen LogP contribution < -0.4 is 26.0 Å². The number of rotatable bonds is 6. The van der Waals surface area contributed by atoms with E-state index in [1.807, 2.05) is 6.07 Å². The molecule has 0 saturated heterocycles. The van der Waals surface area contributed by atoms with Crippen molar-refractivity contribution in [2.45, 2.75) is 0 Å². The Kier molecular flexibility index (Phi) is 6.28. The van der Waals surface area contributed by atoms with Gasteiger partial charge in [0.1, 0.15) is 5.82 Å². The third-order valence-corrected chi connectivity index (χ3v) is 5.72. The lowest BCUT2D eigenvalue weighted by atomic mass is 10.1. The van der Waals surface area contributed by atoms with Crippen LogP contribution in [0.5, 0.6) is 11.5 Å². The maximum absolute atomic E-state index is 12.6. The molecule has 10 heteroatoms. The fourth-order valence-electron chi connectivity index (χ4n) is 3.79. The van der Waals surface area contributed by atoms with Crippen molar-refractivity contribution < 1.29 is 14.3 Å². The van der Waals surface area contributed by atoms with Crippen LogP contribution >= 0.6 is 0 Å². The van der Waals surface area contributed by atoms with Crippen molar-refractivity contribution in [1.29, 1.82) is 0 Å². The molecule has 2 aromatic carbocycles. The van der Waals surface area contributed by atoms with E-state index >= 15 is 0 Å². The second kappa shape index (κ2) is 9.34. The maximum atomic E-state index is 12.6. The summed E-state index contributed by atoms with van der Waals surface area (Å²) in [5, 5.41) is 2.81. The molecule has 1 amide bonds. The van der Waals surface area contributed by atoms with Gasteiger partial charge in [0.05, 0.1) is 14.2 Å². The number of aromatic nitrogens is 4. The number of aryl methyl sites for hydroxylation is 2. The van der Waals surface area contributed by atoms with Crippen LogP contribution in [-0.2, 0) is 25.9 Å². The number of anilines is 1. The number of benzene rings is 2. The lowest BCUT2D eigenvalue weighted by Crippen LogP contribution is -2.37. The molecule has 0 aliphatic rings. The first kappa shape index (κ1) is 23.6. The predicted molar refractivity (Wildman–Crippen MR) is 134 cm³/mol. The molecule has 0 fully saturated rings. The van der Waals surface area contributed by atoms with Crippen LogP contribution in [-0.4, -0.2) is 38.8 Å². The number of nitrogens with one attached hydrogen (secondary N) is 1. The van der Waals surface area contributed by atoms with Gasteiger partial charge in [0.25, 0.3) is 5.56 Å². The van der Waals surface area contributed by atoms with E-state index in [4.69, 9.17) is 9.47 Å². The van der Waals surface area contributed by atoms with Crippen LogP contribution in [0.2, 0.25) is 0 Å². The first-order chi connectivity index (χ1) is 16.7. The minimum absolute atomic E-state index is 0.297. The highest BCUT2D eigenvalue weighted by Gasteiger charge is 2.18. The molecule has 1 N–H and O–H groups in total. The molecule has 0 atom stereocenters. The van der Waals surface area contributed by atoms with Crippen molar-refractivity contribution in [2.24, 2.45) is 21.1 Å². The van der Waals surface area contributed by atoms with Crippen LogP contribution in [0.3, 0.4) is 0 Å². The number of carbonyl (C=O) groups excluding carboxylic acids is 1. The molecule has 0 unspecified atom stereocenters. The van der Waals surface area contributed by atoms with Crippen molar-refractivity contribution in [2.75, 3.05) is 19.5 Å². The third kappa shape index (κ3) is 4.33. The molecule has 0 spiro atoms. The number of ether oxygens (including phenoxy) is 2. The number of fused-ring (bicyclic) bond motifs is 1. The van der Waals surface area contributed by atoms with Gasteiger partial charge in [-0.1, -0.05) is 6.07 Å². The van der Waals surface area contributed by atoms with E-state index in [-0.39, 0.29) is 5.91 Å². The first-order valence-electron chi connectivity index (χ1n) is 10.7. The Bertz CT molecular complexity index is 1580. The van der Waals surface area contributed by atoms with E-state index in [1.165, 1.54) is 17.7 Å². The highest BCUT2D eigenvalue weighted by molar-refractivity contribution is 6.02. The largest absolute Gasteiger partial charge is 0.493 e. The highest BCUT2D eigenvalue weighted by Crippen LogP contribution is 2.28. The van der Waals surface area contributed by atoms with E-state index in [9.17, 15) is 14.4 Å². The molecular formula is C25H25N5O5. The topological polar surface area (TPSA) is 109 Å². The molecule has 0 aliphatic heterocycles. The standard InChI is InChI=1S/C25H25N5O5/c1-28-21-23(29(2)25(33)30(3)24(21)32)27-22(28)16-8-10-17(11-9-16)26-20(31)13-7-15-6-12-18(34-4)19(14-15)35-5/h6-14H,1-5H3,(H,26,31)/b13-7+. The average molecular weight is 476 g/mol. The monoisotopic (exact) mass is 475 g/mol. The Morgan fingerprint density at radius 2 is 1.60 bits per heavy atom. The normalized spacial score (nSPS) is 11.2. The molecule has 180 valence electrons. The van der Waals surface area contributed by atoms with Gasteiger partial charge in [0.2, 0.25) is 5.91 Å². The predicted octanol–water partition coefficient (Wildman–Crippen LogP) is 2.31. The lowest BCUT2D eigenvalue weighted by Gasteiger charge is -2.07. The maximum Gasteiger partial charge on any atom is 0.332 e. The fourth-order valence-corrected chi connectivity index (χ4v) is 3.79. The van der Waals surface area contributed by atoms with E-state index in [0.717, 1.165) is 15.7 Å². The Morgan fingerprint density at radius 1 is 0.914 bits per heavy atom. The molecule has 2 heterocycles. The molecule has 0 saturated carbocycles. The Morgan fingerprint density at radius 3 is 2.26 bits per heavy atom. The summed E-state index contributed by atoms with van der Waals surface area (Å²) >= 11 is 0. The second-order valence-electron chi connectivity index (χ2n) is 7.89. The Balaban J connectivity index is 1.54. The van der Waals surface area contributed by atoms with Gasteiger partial charge in [-0.15, -0.1) is 0 Å². The van der Waals surface area contributed by atoms with Crippen LogP contribution in [0.15, 0.2) is 58.1 Å². The SMILES string of the molecule is COc1ccc(/C=C/C(=O)Nc2ccc(-c3nc4c(c(=O)n(C)c(=O)n4C)n3C)cc2)cc1OC. The van der Waals surface area contributed by atoms with E-state index in [2.05, 4.69) is 10.3 Å². The van der Waals surface area contributed by atoms with Crippen LogP contribution in [0, 0.1) is 0 Å². The molecular weight excluding hydrogens is 450 g/mol. The summed E-state index contributed by atoms with van der Waals surface area (Å²) in [5.74, 6) is 1.42. The number of carbonyl (C=O) groups is 1. The zero-order valence-corrected chi connectivity index (χ0v) is 20.0. The van der Waals surface area contributed by atoms with Crippen molar-refractivity contribution in [3.63, 3.8) is 0 Å². The first-order valence-corrected chi connectivity index (χ1v) is 10.7. The number of hydrogen-bond acceptors (Lipinski definition) is 6. The number of imidazole rings is 1. The lowest BCUT2D eigenvalue weighted by molar-refractivity contribution is -0.111. The quantitative estimate of drug-likeness (QED) is 0.429. The summed E-state index contributed by atoms with van der Waals surface area (Å²) < 4.78 is 14.6. The van der Waals surface area contributed by atoms with Crippen molar-refractivity contribution >= 4 is 28.8 Å². The van der Waals surface area contributed by atoms with E-state index < -0.39 is 11.2 Å². The van der Waals surface area contributed by atoms with Crippen LogP contribution in [0.1, 0.15) is 5.56 Å². The summed E-state index contributed by atoms with van der Waals surface area (Å²) in [4.78, 5) is 41.7. The highest BCUT2D eigenvalue weighted by atomic mass is 16.5. The van der Waals surface area contributed by atoms with Crippen molar-refractivity contribution in [3.8, 4) is 22.9 Å². The van der Waals surface area contributed by atoms with Crippen molar-refractivity contribution in [1.82, 2.24) is 18.7 Å². The Hall–Kier alpha value is -4.60. The Labute approximate surface area is 200 Å². The zero-order chi connectivity index (χ0) is 25.3. The second-order valence-corrected chi connectivity index (χ2v) is 7.89. The van der Waals surface area contributed by atoms with Crippen molar-refractivity contribution in [3.05, 3.63) is 74.9 Å². The zero-order valence-electron chi connectivity index (χ0n) is 20.0. The third-order valence-electron chi connectivity index (χ3n) is 5.72. The van der Waals surface area contributed by atoms with Gasteiger partial charge in [-0.3, -0.25) is 18.7 Å². The summed E-state index contributed by atoms with van der Waals surface area (Å²) in [6, 6.07) is 12.4. The summed E-state index contributed by atoms with van der Waals surface area (Å²) in [7, 11) is 7.86. The minimum atomic E-state index is -0.439. The number of nitrogens with zero attached hydrogens (tertiary/aromatic N) is 4. The molecule has 0 bridgehead atoms. The average Bonchev–Trinajstić information content (AvgIpc) is 3.22. The number of methoxy groups -OCH3 is 2.